The first-order valence-corrected chi connectivity index (χ1v) is 6.87. The SMILES string of the molecule is CC(C)(Oc1ccc(N2C(=O)C(Cl)=C(Cl)C2=O)cc1)C(=O)O. The quantitative estimate of drug-likeness (QED) is 0.849. The molecule has 1 aliphatic heterocycles. The number of imide groups is 1. The molecule has 0 saturated heterocycles. The fourth-order valence-electron chi connectivity index (χ4n) is 1.71. The van der Waals surface area contributed by atoms with E-state index in [9.17, 15) is 14.4 Å². The van der Waals surface area contributed by atoms with Gasteiger partial charge in [0, 0.05) is 0 Å². The van der Waals surface area contributed by atoms with Crippen molar-refractivity contribution < 1.29 is 24.2 Å². The van der Waals surface area contributed by atoms with E-state index >= 15 is 0 Å². The minimum Gasteiger partial charge on any atom is -0.478 e. The summed E-state index contributed by atoms with van der Waals surface area (Å²) in [4.78, 5) is 35.5. The van der Waals surface area contributed by atoms with Crippen molar-refractivity contribution >= 4 is 46.7 Å². The maximum atomic E-state index is 11.9. The number of carboxylic acids is 1. The zero-order valence-electron chi connectivity index (χ0n) is 11.6. The van der Waals surface area contributed by atoms with Crippen LogP contribution in [0.5, 0.6) is 5.75 Å². The summed E-state index contributed by atoms with van der Waals surface area (Å²) in [7, 11) is 0. The van der Waals surface area contributed by atoms with Gasteiger partial charge in [0.1, 0.15) is 15.8 Å². The Morgan fingerprint density at radius 1 is 1.09 bits per heavy atom. The smallest absolute Gasteiger partial charge is 0.347 e. The summed E-state index contributed by atoms with van der Waals surface area (Å²) >= 11 is 11.3. The number of carbonyl (C=O) groups excluding carboxylic acids is 2. The van der Waals surface area contributed by atoms with Crippen LogP contribution in [0.1, 0.15) is 13.8 Å². The first-order valence-electron chi connectivity index (χ1n) is 6.11. The van der Waals surface area contributed by atoms with Gasteiger partial charge in [0.15, 0.2) is 5.60 Å². The van der Waals surface area contributed by atoms with E-state index in [2.05, 4.69) is 0 Å². The Hall–Kier alpha value is -2.05. The summed E-state index contributed by atoms with van der Waals surface area (Å²) < 4.78 is 5.33. The Morgan fingerprint density at radius 3 is 1.95 bits per heavy atom. The van der Waals surface area contributed by atoms with Crippen molar-refractivity contribution in [3.8, 4) is 5.75 Å². The second-order valence-corrected chi connectivity index (χ2v) is 5.74. The molecular weight excluding hydrogens is 333 g/mol. The Morgan fingerprint density at radius 2 is 1.55 bits per heavy atom. The first kappa shape index (κ1) is 16.3. The van der Waals surface area contributed by atoms with Crippen molar-refractivity contribution in [3.63, 3.8) is 0 Å². The van der Waals surface area contributed by atoms with Gasteiger partial charge in [-0.1, -0.05) is 23.2 Å². The van der Waals surface area contributed by atoms with Crippen molar-refractivity contribution in [2.24, 2.45) is 0 Å². The number of ether oxygens (including phenoxy) is 1. The number of hydrogen-bond acceptors (Lipinski definition) is 4. The molecule has 0 fully saturated rings. The largest absolute Gasteiger partial charge is 0.478 e. The van der Waals surface area contributed by atoms with Crippen molar-refractivity contribution in [1.29, 1.82) is 0 Å². The van der Waals surface area contributed by atoms with Crippen LogP contribution in [0.15, 0.2) is 34.3 Å². The summed E-state index contributed by atoms with van der Waals surface area (Å²) in [6.07, 6.45) is 0. The maximum absolute atomic E-state index is 11.9. The highest BCUT2D eigenvalue weighted by atomic mass is 35.5. The maximum Gasteiger partial charge on any atom is 0.347 e. The zero-order valence-corrected chi connectivity index (χ0v) is 13.1. The van der Waals surface area contributed by atoms with Crippen LogP contribution in [0, 0.1) is 0 Å². The van der Waals surface area contributed by atoms with Crippen LogP contribution in [-0.2, 0) is 14.4 Å². The summed E-state index contributed by atoms with van der Waals surface area (Å²) in [5, 5.41) is 8.33. The lowest BCUT2D eigenvalue weighted by Gasteiger charge is -2.22. The number of nitrogens with zero attached hydrogens (tertiary/aromatic N) is 1. The number of carboxylic acid groups (broad SMARTS) is 1. The first-order chi connectivity index (χ1) is 10.1. The highest BCUT2D eigenvalue weighted by Crippen LogP contribution is 2.32. The highest BCUT2D eigenvalue weighted by molar-refractivity contribution is 6.62. The molecule has 1 aromatic carbocycles. The molecule has 0 aliphatic carbocycles. The van der Waals surface area contributed by atoms with Crippen LogP contribution in [-0.4, -0.2) is 28.5 Å². The Balaban J connectivity index is 2.23. The summed E-state index contributed by atoms with van der Waals surface area (Å²) in [5.74, 6) is -2.27. The van der Waals surface area contributed by atoms with Crippen molar-refractivity contribution in [1.82, 2.24) is 0 Å². The number of hydrogen-bond donors (Lipinski definition) is 1. The number of aliphatic carboxylic acids is 1. The van der Waals surface area contributed by atoms with Gasteiger partial charge in [-0.05, 0) is 38.1 Å². The molecule has 0 saturated carbocycles. The molecule has 0 bridgehead atoms. The van der Waals surface area contributed by atoms with Gasteiger partial charge >= 0.3 is 5.97 Å². The molecule has 0 spiro atoms. The molecule has 0 radical (unpaired) electrons. The lowest BCUT2D eigenvalue weighted by atomic mass is 10.1. The van der Waals surface area contributed by atoms with Gasteiger partial charge in [-0.2, -0.15) is 0 Å². The lowest BCUT2D eigenvalue weighted by molar-refractivity contribution is -0.152. The molecule has 0 aromatic heterocycles. The van der Waals surface area contributed by atoms with E-state index in [0.29, 0.717) is 0 Å². The van der Waals surface area contributed by atoms with Crippen LogP contribution < -0.4 is 9.64 Å². The fourth-order valence-corrected chi connectivity index (χ4v) is 2.04. The van der Waals surface area contributed by atoms with E-state index in [1.165, 1.54) is 38.1 Å². The molecule has 116 valence electrons. The van der Waals surface area contributed by atoms with Gasteiger partial charge in [0.05, 0.1) is 5.69 Å². The minimum atomic E-state index is -1.41. The van der Waals surface area contributed by atoms with Gasteiger partial charge in [0.25, 0.3) is 11.8 Å². The molecule has 2 rings (SSSR count). The van der Waals surface area contributed by atoms with Crippen LogP contribution in [0.4, 0.5) is 5.69 Å². The van der Waals surface area contributed by atoms with Crippen molar-refractivity contribution in [2.45, 2.75) is 19.4 Å². The number of halogens is 2. The summed E-state index contributed by atoms with van der Waals surface area (Å²) in [6.45, 7) is 2.81. The molecule has 1 aromatic rings. The topological polar surface area (TPSA) is 83.9 Å². The molecule has 8 heteroatoms. The predicted molar refractivity (Wildman–Crippen MR) is 80.0 cm³/mol. The third-order valence-corrected chi connectivity index (χ3v) is 3.76. The molecule has 1 aliphatic rings. The molecule has 0 atom stereocenters. The Labute approximate surface area is 135 Å². The number of amides is 2. The molecule has 22 heavy (non-hydrogen) atoms. The fraction of sp³-hybridized carbons (Fsp3) is 0.214. The van der Waals surface area contributed by atoms with Crippen LogP contribution in [0.25, 0.3) is 0 Å². The molecular formula is C14H11Cl2NO5. The molecule has 2 amide bonds. The number of carbonyl (C=O) groups is 3. The average Bonchev–Trinajstić information content (AvgIpc) is 2.64. The van der Waals surface area contributed by atoms with Crippen LogP contribution in [0.3, 0.4) is 0 Å². The Bertz CT molecular complexity index is 670. The van der Waals surface area contributed by atoms with E-state index < -0.39 is 23.4 Å². The minimum absolute atomic E-state index is 0.254. The average molecular weight is 344 g/mol. The molecule has 1 heterocycles. The number of anilines is 1. The monoisotopic (exact) mass is 343 g/mol. The summed E-state index contributed by atoms with van der Waals surface area (Å²) in [5.41, 5.74) is -1.15. The van der Waals surface area contributed by atoms with E-state index in [-0.39, 0.29) is 21.5 Å². The van der Waals surface area contributed by atoms with Crippen LogP contribution in [0.2, 0.25) is 0 Å². The number of rotatable bonds is 4. The van der Waals surface area contributed by atoms with Gasteiger partial charge in [-0.25, -0.2) is 9.69 Å². The van der Waals surface area contributed by atoms with E-state index in [4.69, 9.17) is 33.0 Å². The third kappa shape index (κ3) is 2.80. The van der Waals surface area contributed by atoms with Gasteiger partial charge in [-0.3, -0.25) is 9.59 Å². The van der Waals surface area contributed by atoms with Gasteiger partial charge in [0.2, 0.25) is 0 Å². The Kier molecular flexibility index (Phi) is 4.17. The highest BCUT2D eigenvalue weighted by Gasteiger charge is 2.38. The number of benzene rings is 1. The van der Waals surface area contributed by atoms with Gasteiger partial charge < -0.3 is 9.84 Å². The molecule has 1 N–H and O–H groups in total. The lowest BCUT2D eigenvalue weighted by Crippen LogP contribution is -2.37. The second-order valence-electron chi connectivity index (χ2n) is 4.99. The predicted octanol–water partition coefficient (Wildman–Crippen LogP) is 2.49. The standard InChI is InChI=1S/C14H11Cl2NO5/c1-14(2,13(20)21)22-8-5-3-7(4-6-8)17-11(18)9(15)10(16)12(17)19/h3-6H,1-2H3,(H,20,21). The van der Waals surface area contributed by atoms with Crippen molar-refractivity contribution in [2.75, 3.05) is 4.90 Å². The molecule has 0 unspecified atom stereocenters. The normalized spacial score (nSPS) is 15.5. The van der Waals surface area contributed by atoms with Crippen LogP contribution >= 0.6 is 23.2 Å². The van der Waals surface area contributed by atoms with Gasteiger partial charge in [-0.15, -0.1) is 0 Å². The zero-order chi connectivity index (χ0) is 16.7. The summed E-state index contributed by atoms with van der Waals surface area (Å²) in [6, 6.07) is 5.76. The van der Waals surface area contributed by atoms with E-state index in [1.54, 1.807) is 0 Å². The van der Waals surface area contributed by atoms with E-state index in [0.717, 1.165) is 4.90 Å². The second kappa shape index (κ2) is 5.62. The third-order valence-electron chi connectivity index (χ3n) is 2.96. The van der Waals surface area contributed by atoms with Crippen molar-refractivity contribution in [3.05, 3.63) is 34.3 Å². The van der Waals surface area contributed by atoms with E-state index in [1.807, 2.05) is 0 Å². The molecule has 6 nitrogen and oxygen atoms in total.